The van der Waals surface area contributed by atoms with Gasteiger partial charge >= 0.3 is 0 Å². The Morgan fingerprint density at radius 1 is 1.65 bits per heavy atom. The van der Waals surface area contributed by atoms with Crippen LogP contribution in [0.25, 0.3) is 0 Å². The van der Waals surface area contributed by atoms with Crippen LogP contribution in [0, 0.1) is 0 Å². The summed E-state index contributed by atoms with van der Waals surface area (Å²) in [5.41, 5.74) is 9.62. The zero-order chi connectivity index (χ0) is 12.1. The van der Waals surface area contributed by atoms with Gasteiger partial charge in [0.25, 0.3) is 0 Å². The minimum atomic E-state index is 0.115. The summed E-state index contributed by atoms with van der Waals surface area (Å²) in [5.74, 6) is 8.19. The smallest absolute Gasteiger partial charge is 0.123 e. The molecule has 17 heavy (non-hydrogen) atoms. The molecule has 1 aromatic rings. The van der Waals surface area contributed by atoms with Gasteiger partial charge in [-0.2, -0.15) is 11.8 Å². The van der Waals surface area contributed by atoms with Crippen LogP contribution < -0.4 is 17.0 Å². The monoisotopic (exact) mass is 254 g/mol. The van der Waals surface area contributed by atoms with Crippen molar-refractivity contribution in [3.05, 3.63) is 23.9 Å². The predicted octanol–water partition coefficient (Wildman–Crippen LogP) is 0.170. The van der Waals surface area contributed by atoms with Gasteiger partial charge in [-0.1, -0.05) is 0 Å². The number of aromatic nitrogens is 1. The lowest BCUT2D eigenvalue weighted by molar-refractivity contribution is 0.0472. The van der Waals surface area contributed by atoms with Crippen LogP contribution in [-0.4, -0.2) is 35.2 Å². The summed E-state index contributed by atoms with van der Waals surface area (Å²) in [7, 11) is 0. The highest BCUT2D eigenvalue weighted by molar-refractivity contribution is 7.99. The molecule has 0 saturated carbocycles. The van der Waals surface area contributed by atoms with Crippen molar-refractivity contribution in [1.82, 2.24) is 10.4 Å². The van der Waals surface area contributed by atoms with Crippen molar-refractivity contribution in [2.45, 2.75) is 18.6 Å². The Balaban J connectivity index is 1.98. The van der Waals surface area contributed by atoms with Gasteiger partial charge in [0.1, 0.15) is 5.82 Å². The van der Waals surface area contributed by atoms with Gasteiger partial charge in [-0.05, 0) is 24.1 Å². The number of hydrogen-bond donors (Lipinski definition) is 3. The number of rotatable bonds is 4. The van der Waals surface area contributed by atoms with E-state index in [9.17, 15) is 0 Å². The topological polar surface area (TPSA) is 86.2 Å². The Labute approximate surface area is 105 Å². The van der Waals surface area contributed by atoms with E-state index in [4.69, 9.17) is 16.3 Å². The lowest BCUT2D eigenvalue weighted by Gasteiger charge is -2.29. The van der Waals surface area contributed by atoms with Crippen molar-refractivity contribution in [2.24, 2.45) is 5.84 Å². The SMILES string of the molecule is NNC(Cc1ccnc(N)c1)C1CSCCO1. The number of hydrazine groups is 1. The van der Waals surface area contributed by atoms with E-state index in [1.54, 1.807) is 6.20 Å². The number of nitrogen functional groups attached to an aromatic ring is 1. The van der Waals surface area contributed by atoms with Crippen molar-refractivity contribution < 1.29 is 4.74 Å². The fraction of sp³-hybridized carbons (Fsp3) is 0.545. The largest absolute Gasteiger partial charge is 0.384 e. The van der Waals surface area contributed by atoms with Gasteiger partial charge in [-0.15, -0.1) is 0 Å². The van der Waals surface area contributed by atoms with Gasteiger partial charge in [0.2, 0.25) is 0 Å². The third kappa shape index (κ3) is 3.57. The van der Waals surface area contributed by atoms with Gasteiger partial charge in [-0.25, -0.2) is 4.98 Å². The number of nitrogens with zero attached hydrogens (tertiary/aromatic N) is 1. The van der Waals surface area contributed by atoms with Crippen molar-refractivity contribution in [2.75, 3.05) is 23.8 Å². The summed E-state index contributed by atoms with van der Waals surface area (Å²) >= 11 is 1.90. The fourth-order valence-electron chi connectivity index (χ4n) is 1.91. The van der Waals surface area contributed by atoms with Crippen LogP contribution in [0.15, 0.2) is 18.3 Å². The molecule has 2 unspecified atom stereocenters. The lowest BCUT2D eigenvalue weighted by Crippen LogP contribution is -2.49. The van der Waals surface area contributed by atoms with Gasteiger partial charge in [0.15, 0.2) is 0 Å². The van der Waals surface area contributed by atoms with Crippen LogP contribution in [0.5, 0.6) is 0 Å². The van der Waals surface area contributed by atoms with Gasteiger partial charge in [0.05, 0.1) is 18.8 Å². The number of thioether (sulfide) groups is 1. The highest BCUT2D eigenvalue weighted by atomic mass is 32.2. The molecule has 0 amide bonds. The number of ether oxygens (including phenoxy) is 1. The first-order valence-electron chi connectivity index (χ1n) is 5.65. The van der Waals surface area contributed by atoms with Gasteiger partial charge < -0.3 is 10.5 Å². The Morgan fingerprint density at radius 2 is 2.53 bits per heavy atom. The second-order valence-corrected chi connectivity index (χ2v) is 5.20. The van der Waals surface area contributed by atoms with Crippen LogP contribution in [0.2, 0.25) is 0 Å². The third-order valence-corrected chi connectivity index (χ3v) is 3.83. The highest BCUT2D eigenvalue weighted by Gasteiger charge is 2.24. The maximum absolute atomic E-state index is 5.72. The molecule has 1 fully saturated rings. The molecule has 2 rings (SSSR count). The second kappa shape index (κ2) is 6.20. The molecule has 94 valence electrons. The van der Waals surface area contributed by atoms with Crippen molar-refractivity contribution >= 4 is 17.6 Å². The van der Waals surface area contributed by atoms with E-state index in [2.05, 4.69) is 10.4 Å². The normalized spacial score (nSPS) is 22.3. The molecule has 0 spiro atoms. The van der Waals surface area contributed by atoms with Crippen molar-refractivity contribution in [3.8, 4) is 0 Å². The van der Waals surface area contributed by atoms with Crippen LogP contribution in [0.3, 0.4) is 0 Å². The number of hydrogen-bond acceptors (Lipinski definition) is 6. The van der Waals surface area contributed by atoms with Crippen LogP contribution >= 0.6 is 11.8 Å². The molecule has 2 atom stereocenters. The molecule has 1 aliphatic heterocycles. The van der Waals surface area contributed by atoms with Crippen LogP contribution in [-0.2, 0) is 11.2 Å². The molecule has 1 aliphatic rings. The minimum absolute atomic E-state index is 0.115. The molecular weight excluding hydrogens is 236 g/mol. The summed E-state index contributed by atoms with van der Waals surface area (Å²) in [6.07, 6.45) is 2.68. The van der Waals surface area contributed by atoms with E-state index >= 15 is 0 Å². The maximum atomic E-state index is 5.72. The first-order chi connectivity index (χ1) is 8.29. The second-order valence-electron chi connectivity index (χ2n) is 4.05. The molecule has 5 nitrogen and oxygen atoms in total. The first-order valence-corrected chi connectivity index (χ1v) is 6.81. The summed E-state index contributed by atoms with van der Waals surface area (Å²) < 4.78 is 5.72. The summed E-state index contributed by atoms with van der Waals surface area (Å²) in [6.45, 7) is 0.798. The Hall–Kier alpha value is -0.820. The average Bonchev–Trinajstić information content (AvgIpc) is 2.37. The average molecular weight is 254 g/mol. The molecule has 1 aromatic heterocycles. The summed E-state index contributed by atoms with van der Waals surface area (Å²) in [6, 6.07) is 3.95. The zero-order valence-electron chi connectivity index (χ0n) is 9.63. The first kappa shape index (κ1) is 12.6. The Morgan fingerprint density at radius 3 is 3.18 bits per heavy atom. The molecule has 0 bridgehead atoms. The molecule has 0 radical (unpaired) electrons. The van der Waals surface area contributed by atoms with E-state index in [0.717, 1.165) is 30.1 Å². The Kier molecular flexibility index (Phi) is 4.61. The van der Waals surface area contributed by atoms with E-state index in [0.29, 0.717) is 5.82 Å². The van der Waals surface area contributed by atoms with Crippen LogP contribution in [0.4, 0.5) is 5.82 Å². The minimum Gasteiger partial charge on any atom is -0.384 e. The molecule has 2 heterocycles. The van der Waals surface area contributed by atoms with E-state index < -0.39 is 0 Å². The van der Waals surface area contributed by atoms with Crippen molar-refractivity contribution in [1.29, 1.82) is 0 Å². The standard InChI is InChI=1S/C11H18N4OS/c12-11-6-8(1-2-14-11)5-9(15-13)10-7-17-4-3-16-10/h1-2,6,9-10,15H,3-5,7,13H2,(H2,12,14). The number of nitrogens with two attached hydrogens (primary N) is 2. The van der Waals surface area contributed by atoms with E-state index in [-0.39, 0.29) is 12.1 Å². The zero-order valence-corrected chi connectivity index (χ0v) is 10.5. The van der Waals surface area contributed by atoms with Gasteiger partial charge in [0, 0.05) is 17.7 Å². The molecular formula is C11H18N4OS. The quantitative estimate of drug-likeness (QED) is 0.524. The summed E-state index contributed by atoms with van der Waals surface area (Å²) in [5, 5.41) is 0. The molecule has 0 aliphatic carbocycles. The molecule has 0 aromatic carbocycles. The third-order valence-electron chi connectivity index (χ3n) is 2.81. The van der Waals surface area contributed by atoms with Crippen molar-refractivity contribution in [3.63, 3.8) is 0 Å². The highest BCUT2D eigenvalue weighted by Crippen LogP contribution is 2.18. The van der Waals surface area contributed by atoms with Crippen LogP contribution in [0.1, 0.15) is 5.56 Å². The molecule has 6 heteroatoms. The predicted molar refractivity (Wildman–Crippen MR) is 70.5 cm³/mol. The van der Waals surface area contributed by atoms with E-state index in [1.807, 2.05) is 23.9 Å². The molecule has 1 saturated heterocycles. The number of pyridine rings is 1. The number of nitrogens with one attached hydrogen (secondary N) is 1. The fourth-order valence-corrected chi connectivity index (χ4v) is 2.85. The van der Waals surface area contributed by atoms with E-state index in [1.165, 1.54) is 0 Å². The molecule has 5 N–H and O–H groups in total. The number of anilines is 1. The lowest BCUT2D eigenvalue weighted by atomic mass is 10.0. The Bertz CT molecular complexity index is 357. The van der Waals surface area contributed by atoms with Gasteiger partial charge in [-0.3, -0.25) is 11.3 Å². The summed E-state index contributed by atoms with van der Waals surface area (Å²) in [4.78, 5) is 3.98. The maximum Gasteiger partial charge on any atom is 0.123 e.